The molecule has 0 saturated heterocycles. The highest BCUT2D eigenvalue weighted by Crippen LogP contribution is 2.10. The van der Waals surface area contributed by atoms with Gasteiger partial charge in [-0.25, -0.2) is 0 Å². The number of rotatable bonds is 2. The van der Waals surface area contributed by atoms with Crippen molar-refractivity contribution in [2.45, 2.75) is 26.1 Å². The van der Waals surface area contributed by atoms with Crippen LogP contribution in [-0.2, 0) is 4.80 Å². The Morgan fingerprint density at radius 2 is 2.00 bits per heavy atom. The number of hydrogen-bond acceptors (Lipinski definition) is 0. The molecule has 0 spiro atoms. The zero-order valence-electron chi connectivity index (χ0n) is 5.82. The van der Waals surface area contributed by atoms with Crippen LogP contribution >= 0.6 is 0 Å². The summed E-state index contributed by atoms with van der Waals surface area (Å²) in [5, 5.41) is 0. The predicted molar refractivity (Wildman–Crippen MR) is 37.8 cm³/mol. The van der Waals surface area contributed by atoms with Crippen LogP contribution in [0.25, 0.3) is 0 Å². The monoisotopic (exact) mass is 129 g/mol. The van der Waals surface area contributed by atoms with Crippen molar-refractivity contribution >= 4 is 8.32 Å². The van der Waals surface area contributed by atoms with E-state index in [2.05, 4.69) is 6.58 Å². The van der Waals surface area contributed by atoms with Gasteiger partial charge in [-0.2, -0.15) is 0 Å². The molecule has 1 nitrogen and oxygen atoms in total. The number of allylic oxidation sites excluding steroid dienone is 1. The minimum absolute atomic E-state index is 0.715. The third-order valence-corrected chi connectivity index (χ3v) is 2.18. The SMILES string of the molecule is C=C(C)C[Si](C)(C)[O]. The maximum atomic E-state index is 11.0. The molecule has 0 aliphatic carbocycles. The van der Waals surface area contributed by atoms with Crippen LogP contribution in [0.5, 0.6) is 0 Å². The minimum atomic E-state index is -2.07. The summed E-state index contributed by atoms with van der Waals surface area (Å²) < 4.78 is 0. The smallest absolute Gasteiger partial charge is 0.235 e. The Hall–Kier alpha value is -0.0831. The van der Waals surface area contributed by atoms with Gasteiger partial charge < -0.3 is 0 Å². The Balaban J connectivity index is 3.55. The van der Waals surface area contributed by atoms with E-state index < -0.39 is 8.32 Å². The molecule has 0 bridgehead atoms. The zero-order chi connectivity index (χ0) is 6.78. The van der Waals surface area contributed by atoms with E-state index in [0.29, 0.717) is 6.04 Å². The molecule has 8 heavy (non-hydrogen) atoms. The van der Waals surface area contributed by atoms with Crippen molar-refractivity contribution in [1.29, 1.82) is 0 Å². The van der Waals surface area contributed by atoms with Crippen LogP contribution in [0.3, 0.4) is 0 Å². The second kappa shape index (κ2) is 2.46. The van der Waals surface area contributed by atoms with Gasteiger partial charge in [0.25, 0.3) is 0 Å². The van der Waals surface area contributed by atoms with E-state index >= 15 is 0 Å². The summed E-state index contributed by atoms with van der Waals surface area (Å²) in [6.07, 6.45) is 0. The average Bonchev–Trinajstić information content (AvgIpc) is 1.21. The van der Waals surface area contributed by atoms with E-state index in [1.54, 1.807) is 0 Å². The molecule has 0 N–H and O–H groups in total. The van der Waals surface area contributed by atoms with Crippen LogP contribution in [0.4, 0.5) is 0 Å². The van der Waals surface area contributed by atoms with Crippen LogP contribution in [0, 0.1) is 0 Å². The first-order valence-corrected chi connectivity index (χ1v) is 5.88. The molecule has 0 aromatic carbocycles. The van der Waals surface area contributed by atoms with Gasteiger partial charge in [-0.15, -0.1) is 6.58 Å². The molecule has 0 aromatic heterocycles. The molecule has 0 saturated carbocycles. The van der Waals surface area contributed by atoms with Gasteiger partial charge in [-0.05, 0) is 26.1 Å². The van der Waals surface area contributed by atoms with Crippen molar-refractivity contribution in [1.82, 2.24) is 0 Å². The van der Waals surface area contributed by atoms with Gasteiger partial charge in [0.1, 0.15) is 0 Å². The van der Waals surface area contributed by atoms with E-state index in [1.165, 1.54) is 0 Å². The van der Waals surface area contributed by atoms with Gasteiger partial charge in [0, 0.05) is 0 Å². The fourth-order valence-electron chi connectivity index (χ4n) is 0.727. The second-order valence-electron chi connectivity index (χ2n) is 2.89. The molecule has 0 atom stereocenters. The molecule has 47 valence electrons. The molecule has 0 aliphatic rings. The van der Waals surface area contributed by atoms with Crippen LogP contribution < -0.4 is 0 Å². The quantitative estimate of drug-likeness (QED) is 0.402. The van der Waals surface area contributed by atoms with Gasteiger partial charge in [-0.3, -0.25) is 4.80 Å². The zero-order valence-corrected chi connectivity index (χ0v) is 6.82. The summed E-state index contributed by atoms with van der Waals surface area (Å²) in [7, 11) is -2.07. The summed E-state index contributed by atoms with van der Waals surface area (Å²) in [5.74, 6) is 0. The van der Waals surface area contributed by atoms with E-state index in [1.807, 2.05) is 20.0 Å². The largest absolute Gasteiger partial charge is 0.298 e. The fourth-order valence-corrected chi connectivity index (χ4v) is 2.18. The summed E-state index contributed by atoms with van der Waals surface area (Å²) >= 11 is 0. The lowest BCUT2D eigenvalue weighted by Gasteiger charge is -2.08. The Morgan fingerprint density at radius 1 is 1.62 bits per heavy atom. The molecule has 0 fully saturated rings. The lowest BCUT2D eigenvalue weighted by atomic mass is 10.4. The molecule has 0 aliphatic heterocycles. The minimum Gasteiger partial charge on any atom is -0.298 e. The van der Waals surface area contributed by atoms with Crippen LogP contribution in [0.15, 0.2) is 12.2 Å². The predicted octanol–water partition coefficient (Wildman–Crippen LogP) is 2.20. The van der Waals surface area contributed by atoms with Crippen molar-refractivity contribution in [3.8, 4) is 0 Å². The molecule has 2 heteroatoms. The Kier molecular flexibility index (Phi) is 2.44. The highest BCUT2D eigenvalue weighted by atomic mass is 28.4. The van der Waals surface area contributed by atoms with Gasteiger partial charge in [0.15, 0.2) is 0 Å². The lowest BCUT2D eigenvalue weighted by molar-refractivity contribution is 0.431. The van der Waals surface area contributed by atoms with Crippen molar-refractivity contribution in [2.75, 3.05) is 0 Å². The standard InChI is InChI=1S/C6H13OSi/c1-6(2)5-8(3,4)7/h1,5H2,2-4H3. The molecular weight excluding hydrogens is 116 g/mol. The van der Waals surface area contributed by atoms with Crippen LogP contribution in [-0.4, -0.2) is 8.32 Å². The van der Waals surface area contributed by atoms with Crippen molar-refractivity contribution in [2.24, 2.45) is 0 Å². The third-order valence-electron chi connectivity index (χ3n) is 0.727. The Morgan fingerprint density at radius 3 is 2.00 bits per heavy atom. The summed E-state index contributed by atoms with van der Waals surface area (Å²) in [5.41, 5.74) is 1.02. The van der Waals surface area contributed by atoms with E-state index in [0.717, 1.165) is 5.57 Å². The number of hydrogen-bond donors (Lipinski definition) is 0. The third kappa shape index (κ3) is 5.92. The maximum Gasteiger partial charge on any atom is 0.235 e. The topological polar surface area (TPSA) is 19.9 Å². The first kappa shape index (κ1) is 7.92. The molecule has 0 aromatic rings. The van der Waals surface area contributed by atoms with Crippen molar-refractivity contribution in [3.05, 3.63) is 12.2 Å². The van der Waals surface area contributed by atoms with Crippen molar-refractivity contribution in [3.63, 3.8) is 0 Å². The van der Waals surface area contributed by atoms with Gasteiger partial charge in [-0.1, -0.05) is 5.57 Å². The maximum absolute atomic E-state index is 11.0. The molecule has 0 amide bonds. The summed E-state index contributed by atoms with van der Waals surface area (Å²) in [6.45, 7) is 9.20. The van der Waals surface area contributed by atoms with Gasteiger partial charge in [0.05, 0.1) is 0 Å². The molecular formula is C6H13OSi. The van der Waals surface area contributed by atoms with Crippen molar-refractivity contribution < 1.29 is 4.80 Å². The van der Waals surface area contributed by atoms with Crippen LogP contribution in [0.2, 0.25) is 19.1 Å². The average molecular weight is 129 g/mol. The summed E-state index contributed by atoms with van der Waals surface area (Å²) in [4.78, 5) is 11.0. The van der Waals surface area contributed by atoms with Gasteiger partial charge >= 0.3 is 0 Å². The van der Waals surface area contributed by atoms with Crippen LogP contribution in [0.1, 0.15) is 6.92 Å². The first-order chi connectivity index (χ1) is 3.42. The molecule has 1 radical (unpaired) electrons. The van der Waals surface area contributed by atoms with E-state index in [4.69, 9.17) is 0 Å². The molecule has 0 heterocycles. The Bertz CT molecular complexity index is 91.2. The second-order valence-corrected chi connectivity index (χ2v) is 6.77. The summed E-state index contributed by atoms with van der Waals surface area (Å²) in [6, 6.07) is 0.715. The molecule has 0 unspecified atom stereocenters. The highest BCUT2D eigenvalue weighted by molar-refractivity contribution is 6.70. The highest BCUT2D eigenvalue weighted by Gasteiger charge is 2.18. The molecule has 0 rings (SSSR count). The lowest BCUT2D eigenvalue weighted by Crippen LogP contribution is -2.22. The van der Waals surface area contributed by atoms with E-state index in [9.17, 15) is 4.80 Å². The van der Waals surface area contributed by atoms with E-state index in [-0.39, 0.29) is 0 Å². The fraction of sp³-hybridized carbons (Fsp3) is 0.667. The van der Waals surface area contributed by atoms with Gasteiger partial charge in [0.2, 0.25) is 8.32 Å². The first-order valence-electron chi connectivity index (χ1n) is 2.76. The Labute approximate surface area is 52.2 Å². The normalized spacial score (nSPS) is 11.5.